The van der Waals surface area contributed by atoms with Gasteiger partial charge in [-0.05, 0) is 55.5 Å². The zero-order valence-electron chi connectivity index (χ0n) is 12.6. The van der Waals surface area contributed by atoms with E-state index in [-0.39, 0.29) is 0 Å². The molecule has 0 aromatic carbocycles. The van der Waals surface area contributed by atoms with Gasteiger partial charge in [0.05, 0.1) is 0 Å². The van der Waals surface area contributed by atoms with Gasteiger partial charge in [0.15, 0.2) is 0 Å². The van der Waals surface area contributed by atoms with Crippen LogP contribution in [0.2, 0.25) is 0 Å². The molecule has 1 nitrogen and oxygen atoms in total. The second-order valence-electron chi connectivity index (χ2n) is 6.23. The van der Waals surface area contributed by atoms with E-state index in [0.29, 0.717) is 6.04 Å². The van der Waals surface area contributed by atoms with Gasteiger partial charge in [-0.3, -0.25) is 0 Å². The fourth-order valence-electron chi connectivity index (χ4n) is 3.59. The molecule has 1 aliphatic heterocycles. The van der Waals surface area contributed by atoms with Crippen LogP contribution in [0, 0.1) is 5.92 Å². The highest BCUT2D eigenvalue weighted by molar-refractivity contribution is 7.98. The highest BCUT2D eigenvalue weighted by Gasteiger charge is 2.27. The molecule has 1 atom stereocenters. The van der Waals surface area contributed by atoms with Crippen LogP contribution in [-0.4, -0.2) is 12.3 Å². The lowest BCUT2D eigenvalue weighted by Gasteiger charge is -2.30. The molecule has 2 aliphatic rings. The Balaban J connectivity index is 1.78. The first-order chi connectivity index (χ1) is 9.88. The predicted molar refractivity (Wildman–Crippen MR) is 91.8 cm³/mol. The molecule has 1 unspecified atom stereocenters. The zero-order valence-corrected chi connectivity index (χ0v) is 14.3. The molecular weight excluding hydrogens is 282 g/mol. The summed E-state index contributed by atoms with van der Waals surface area (Å²) in [5.74, 6) is 3.45. The normalized spacial score (nSPS) is 21.6. The van der Waals surface area contributed by atoms with Crippen molar-refractivity contribution in [3.8, 4) is 0 Å². The predicted octanol–water partition coefficient (Wildman–Crippen LogP) is 5.16. The van der Waals surface area contributed by atoms with Gasteiger partial charge in [-0.15, -0.1) is 11.3 Å². The number of hydrogen-bond acceptors (Lipinski definition) is 3. The molecule has 0 bridgehead atoms. The largest absolute Gasteiger partial charge is 0.309 e. The van der Waals surface area contributed by atoms with Crippen LogP contribution < -0.4 is 5.32 Å². The van der Waals surface area contributed by atoms with Gasteiger partial charge in [0, 0.05) is 21.5 Å². The maximum absolute atomic E-state index is 3.87. The van der Waals surface area contributed by atoms with E-state index in [1.54, 1.807) is 15.3 Å². The van der Waals surface area contributed by atoms with Crippen LogP contribution in [0.3, 0.4) is 0 Å². The van der Waals surface area contributed by atoms with E-state index in [2.05, 4.69) is 41.4 Å². The van der Waals surface area contributed by atoms with Crippen molar-refractivity contribution in [2.24, 2.45) is 5.92 Å². The van der Waals surface area contributed by atoms with Gasteiger partial charge in [-0.2, -0.15) is 11.8 Å². The summed E-state index contributed by atoms with van der Waals surface area (Å²) < 4.78 is 0. The van der Waals surface area contributed by atoms with Crippen molar-refractivity contribution >= 4 is 23.1 Å². The Bertz CT molecular complexity index is 397. The average molecular weight is 310 g/mol. The summed E-state index contributed by atoms with van der Waals surface area (Å²) in [6, 6.07) is 3.17. The summed E-state index contributed by atoms with van der Waals surface area (Å²) in [4.78, 5) is 3.32. The van der Waals surface area contributed by atoms with Gasteiger partial charge in [0.1, 0.15) is 0 Å². The van der Waals surface area contributed by atoms with E-state index in [0.717, 1.165) is 5.92 Å². The van der Waals surface area contributed by atoms with Crippen molar-refractivity contribution < 1.29 is 0 Å². The summed E-state index contributed by atoms with van der Waals surface area (Å²) in [5, 5.41) is 3.87. The van der Waals surface area contributed by atoms with Gasteiger partial charge >= 0.3 is 0 Å². The minimum Gasteiger partial charge on any atom is -0.309 e. The molecule has 3 heteroatoms. The van der Waals surface area contributed by atoms with Gasteiger partial charge in [-0.1, -0.05) is 26.2 Å². The lowest BCUT2D eigenvalue weighted by molar-refractivity contribution is 0.275. The van der Waals surface area contributed by atoms with Gasteiger partial charge in [0.2, 0.25) is 0 Å². The van der Waals surface area contributed by atoms with Crippen molar-refractivity contribution in [3.63, 3.8) is 0 Å². The van der Waals surface area contributed by atoms with Crippen molar-refractivity contribution in [2.45, 2.75) is 63.7 Å². The molecule has 0 amide bonds. The smallest absolute Gasteiger partial charge is 0.0443 e. The Morgan fingerprint density at radius 2 is 2.15 bits per heavy atom. The average Bonchev–Trinajstić information content (AvgIpc) is 2.92. The quantitative estimate of drug-likeness (QED) is 0.806. The SMILES string of the molecule is CCCNC(c1cc2c(s1)CCSC2)C1CCCCC1. The van der Waals surface area contributed by atoms with Gasteiger partial charge < -0.3 is 5.32 Å². The second kappa shape index (κ2) is 7.33. The molecule has 0 saturated heterocycles. The van der Waals surface area contributed by atoms with Crippen molar-refractivity contribution in [3.05, 3.63) is 21.4 Å². The highest BCUT2D eigenvalue weighted by atomic mass is 32.2. The van der Waals surface area contributed by atoms with Crippen LogP contribution in [0.5, 0.6) is 0 Å². The summed E-state index contributed by atoms with van der Waals surface area (Å²) >= 11 is 4.21. The summed E-state index contributed by atoms with van der Waals surface area (Å²) in [6.07, 6.45) is 9.73. The zero-order chi connectivity index (χ0) is 13.8. The molecule has 1 aromatic rings. The Morgan fingerprint density at radius 1 is 1.30 bits per heavy atom. The number of hydrogen-bond donors (Lipinski definition) is 1. The van der Waals surface area contributed by atoms with Crippen molar-refractivity contribution in [1.29, 1.82) is 0 Å². The molecule has 112 valence electrons. The number of fused-ring (bicyclic) bond motifs is 1. The molecule has 2 heterocycles. The molecule has 1 N–H and O–H groups in total. The Hall–Kier alpha value is 0.01000. The first-order valence-electron chi connectivity index (χ1n) is 8.31. The van der Waals surface area contributed by atoms with Crippen LogP contribution in [0.4, 0.5) is 0 Å². The molecular formula is C17H27NS2. The monoisotopic (exact) mass is 309 g/mol. The van der Waals surface area contributed by atoms with Crippen LogP contribution in [-0.2, 0) is 12.2 Å². The molecule has 3 rings (SSSR count). The van der Waals surface area contributed by atoms with Gasteiger partial charge in [-0.25, -0.2) is 0 Å². The summed E-state index contributed by atoms with van der Waals surface area (Å²) in [5.41, 5.74) is 1.64. The third kappa shape index (κ3) is 3.42. The van der Waals surface area contributed by atoms with Crippen LogP contribution >= 0.6 is 23.1 Å². The van der Waals surface area contributed by atoms with E-state index in [1.165, 1.54) is 63.0 Å². The lowest BCUT2D eigenvalue weighted by Crippen LogP contribution is -2.29. The van der Waals surface area contributed by atoms with Crippen LogP contribution in [0.1, 0.15) is 66.8 Å². The molecule has 1 saturated carbocycles. The minimum absolute atomic E-state index is 0.635. The van der Waals surface area contributed by atoms with E-state index < -0.39 is 0 Å². The number of aryl methyl sites for hydroxylation is 1. The van der Waals surface area contributed by atoms with Crippen LogP contribution in [0.25, 0.3) is 0 Å². The fourth-order valence-corrected chi connectivity index (χ4v) is 6.14. The Morgan fingerprint density at radius 3 is 2.90 bits per heavy atom. The number of rotatable bonds is 5. The van der Waals surface area contributed by atoms with Gasteiger partial charge in [0.25, 0.3) is 0 Å². The van der Waals surface area contributed by atoms with Crippen LogP contribution in [0.15, 0.2) is 6.07 Å². The first kappa shape index (κ1) is 14.9. The maximum Gasteiger partial charge on any atom is 0.0443 e. The summed E-state index contributed by atoms with van der Waals surface area (Å²) in [6.45, 7) is 3.44. The lowest BCUT2D eigenvalue weighted by atomic mass is 9.83. The van der Waals surface area contributed by atoms with E-state index in [9.17, 15) is 0 Å². The molecule has 20 heavy (non-hydrogen) atoms. The van der Waals surface area contributed by atoms with E-state index >= 15 is 0 Å². The van der Waals surface area contributed by atoms with E-state index in [1.807, 2.05) is 0 Å². The maximum atomic E-state index is 3.87. The molecule has 1 aromatic heterocycles. The van der Waals surface area contributed by atoms with Crippen molar-refractivity contribution in [2.75, 3.05) is 12.3 Å². The Labute approximate surface area is 131 Å². The van der Waals surface area contributed by atoms with E-state index in [4.69, 9.17) is 0 Å². The third-order valence-corrected chi connectivity index (χ3v) is 7.02. The minimum atomic E-state index is 0.635. The standard InChI is InChI=1S/C17H27NS2/c1-2-9-18-17(13-6-4-3-5-7-13)16-11-14-12-19-10-8-15(14)20-16/h11,13,17-18H,2-10,12H2,1H3. The Kier molecular flexibility index (Phi) is 5.47. The first-order valence-corrected chi connectivity index (χ1v) is 10.3. The molecule has 0 radical (unpaired) electrons. The topological polar surface area (TPSA) is 12.0 Å². The number of thioether (sulfide) groups is 1. The number of nitrogens with one attached hydrogen (secondary N) is 1. The third-order valence-electron chi connectivity index (χ3n) is 4.69. The molecule has 0 spiro atoms. The number of thiophene rings is 1. The summed E-state index contributed by atoms with van der Waals surface area (Å²) in [7, 11) is 0. The molecule has 1 fully saturated rings. The highest BCUT2D eigenvalue weighted by Crippen LogP contribution is 2.40. The second-order valence-corrected chi connectivity index (χ2v) is 8.50. The molecule has 1 aliphatic carbocycles. The fraction of sp³-hybridized carbons (Fsp3) is 0.765. The van der Waals surface area contributed by atoms with Crippen molar-refractivity contribution in [1.82, 2.24) is 5.32 Å².